The van der Waals surface area contributed by atoms with Crippen LogP contribution in [0.25, 0.3) is 0 Å². The number of carbonyl (C=O) groups is 3. The zero-order valence-corrected chi connectivity index (χ0v) is 54.2. The van der Waals surface area contributed by atoms with Gasteiger partial charge in [-0.3, -0.25) is 14.4 Å². The van der Waals surface area contributed by atoms with Gasteiger partial charge >= 0.3 is 17.9 Å². The number of esters is 3. The second-order valence-electron chi connectivity index (χ2n) is 25.2. The van der Waals surface area contributed by atoms with Crippen LogP contribution in [0.3, 0.4) is 0 Å². The van der Waals surface area contributed by atoms with Crippen LogP contribution in [0.15, 0.2) is 0 Å². The molecule has 0 aromatic carbocycles. The average molecular weight is 1120 g/mol. The Bertz CT molecular complexity index is 1190. The molecular weight excluding hydrogens is 973 g/mol. The van der Waals surface area contributed by atoms with Crippen LogP contribution in [0.2, 0.25) is 0 Å². The number of unbranched alkanes of at least 4 members (excludes halogenated alkanes) is 58. The highest BCUT2D eigenvalue weighted by atomic mass is 16.6. The number of ether oxygens (including phenoxy) is 3. The molecule has 6 heteroatoms. The molecule has 0 aromatic rings. The molecule has 0 aliphatic heterocycles. The van der Waals surface area contributed by atoms with Gasteiger partial charge in [0.25, 0.3) is 0 Å². The largest absolute Gasteiger partial charge is 0.462 e. The zero-order chi connectivity index (χ0) is 57.1. The summed E-state index contributed by atoms with van der Waals surface area (Å²) in [5.41, 5.74) is 0. The van der Waals surface area contributed by atoms with E-state index in [0.717, 1.165) is 57.8 Å². The standard InChI is InChI=1S/C73H142O6/c1-4-7-10-13-16-19-22-25-27-29-31-33-34-35-36-37-38-40-41-43-45-48-51-54-57-60-63-66-72(75)78-69-70(68-77-71(74)65-62-59-56-53-50-47-24-21-18-15-12-9-6-3)79-73(76)67-64-61-58-55-52-49-46-44-42-39-32-30-28-26-23-20-17-14-11-8-5-2/h70H,4-69H2,1-3H3. The molecule has 1 atom stereocenters. The molecule has 0 aromatic heterocycles. The van der Waals surface area contributed by atoms with Crippen molar-refractivity contribution in [2.24, 2.45) is 0 Å². The smallest absolute Gasteiger partial charge is 0.306 e. The minimum atomic E-state index is -0.763. The fourth-order valence-corrected chi connectivity index (χ4v) is 11.6. The molecule has 0 bridgehead atoms. The number of hydrogen-bond donors (Lipinski definition) is 0. The van der Waals surface area contributed by atoms with E-state index in [-0.39, 0.29) is 31.1 Å². The molecule has 0 heterocycles. The molecule has 0 N–H and O–H groups in total. The minimum Gasteiger partial charge on any atom is -0.462 e. The van der Waals surface area contributed by atoms with Crippen LogP contribution in [-0.4, -0.2) is 37.2 Å². The van der Waals surface area contributed by atoms with E-state index in [4.69, 9.17) is 14.2 Å². The van der Waals surface area contributed by atoms with Gasteiger partial charge in [-0.05, 0) is 19.3 Å². The van der Waals surface area contributed by atoms with Gasteiger partial charge < -0.3 is 14.2 Å². The molecule has 0 aliphatic rings. The Morgan fingerprint density at radius 2 is 0.342 bits per heavy atom. The van der Waals surface area contributed by atoms with Gasteiger partial charge in [-0.25, -0.2) is 0 Å². The summed E-state index contributed by atoms with van der Waals surface area (Å²) in [7, 11) is 0. The van der Waals surface area contributed by atoms with Crippen molar-refractivity contribution in [3.63, 3.8) is 0 Å². The van der Waals surface area contributed by atoms with E-state index in [0.29, 0.717) is 19.3 Å². The van der Waals surface area contributed by atoms with Gasteiger partial charge in [0.1, 0.15) is 13.2 Å². The molecule has 0 spiro atoms. The minimum absolute atomic E-state index is 0.0601. The molecule has 79 heavy (non-hydrogen) atoms. The second kappa shape index (κ2) is 68.9. The summed E-state index contributed by atoms with van der Waals surface area (Å²) in [6, 6.07) is 0. The molecule has 6 nitrogen and oxygen atoms in total. The first-order chi connectivity index (χ1) is 39.0. The van der Waals surface area contributed by atoms with E-state index in [1.54, 1.807) is 0 Å². The molecule has 0 radical (unpaired) electrons. The van der Waals surface area contributed by atoms with Crippen LogP contribution in [0, 0.1) is 0 Å². The third kappa shape index (κ3) is 67.1. The monoisotopic (exact) mass is 1120 g/mol. The normalized spacial score (nSPS) is 11.9. The van der Waals surface area contributed by atoms with Crippen molar-refractivity contribution in [1.29, 1.82) is 0 Å². The lowest BCUT2D eigenvalue weighted by Gasteiger charge is -2.18. The Hall–Kier alpha value is -1.59. The first-order valence-corrected chi connectivity index (χ1v) is 36.5. The third-order valence-corrected chi connectivity index (χ3v) is 17.1. The predicted octanol–water partition coefficient (Wildman–Crippen LogP) is 25.0. The quantitative estimate of drug-likeness (QED) is 0.0343. The fourth-order valence-electron chi connectivity index (χ4n) is 11.6. The van der Waals surface area contributed by atoms with Crippen molar-refractivity contribution >= 4 is 17.9 Å². The first-order valence-electron chi connectivity index (χ1n) is 36.5. The summed E-state index contributed by atoms with van der Waals surface area (Å²) in [6.45, 7) is 6.75. The van der Waals surface area contributed by atoms with E-state index >= 15 is 0 Å². The number of carbonyl (C=O) groups excluding carboxylic acids is 3. The van der Waals surface area contributed by atoms with Crippen molar-refractivity contribution in [1.82, 2.24) is 0 Å². The lowest BCUT2D eigenvalue weighted by atomic mass is 10.0. The molecule has 470 valence electrons. The third-order valence-electron chi connectivity index (χ3n) is 17.1. The van der Waals surface area contributed by atoms with Crippen molar-refractivity contribution < 1.29 is 28.6 Å². The fraction of sp³-hybridized carbons (Fsp3) is 0.959. The van der Waals surface area contributed by atoms with Crippen LogP contribution in [0.1, 0.15) is 432 Å². The van der Waals surface area contributed by atoms with Crippen molar-refractivity contribution in [2.75, 3.05) is 13.2 Å². The maximum Gasteiger partial charge on any atom is 0.306 e. The van der Waals surface area contributed by atoms with Gasteiger partial charge in [-0.15, -0.1) is 0 Å². The van der Waals surface area contributed by atoms with Crippen molar-refractivity contribution in [2.45, 2.75) is 438 Å². The van der Waals surface area contributed by atoms with Crippen LogP contribution in [0.4, 0.5) is 0 Å². The van der Waals surface area contributed by atoms with E-state index < -0.39 is 6.10 Å². The summed E-state index contributed by atoms with van der Waals surface area (Å²) in [6.07, 6.45) is 81.5. The molecule has 0 rings (SSSR count). The Labute approximate surface area is 495 Å². The Morgan fingerprint density at radius 3 is 0.506 bits per heavy atom. The maximum absolute atomic E-state index is 13.0. The summed E-state index contributed by atoms with van der Waals surface area (Å²) >= 11 is 0. The molecule has 0 saturated heterocycles. The van der Waals surface area contributed by atoms with Crippen molar-refractivity contribution in [3.05, 3.63) is 0 Å². The Morgan fingerprint density at radius 1 is 0.203 bits per heavy atom. The molecule has 0 saturated carbocycles. The highest BCUT2D eigenvalue weighted by molar-refractivity contribution is 5.71. The van der Waals surface area contributed by atoms with Crippen LogP contribution in [0.5, 0.6) is 0 Å². The van der Waals surface area contributed by atoms with E-state index in [9.17, 15) is 14.4 Å². The van der Waals surface area contributed by atoms with Crippen LogP contribution < -0.4 is 0 Å². The molecule has 0 aliphatic carbocycles. The predicted molar refractivity (Wildman–Crippen MR) is 344 cm³/mol. The zero-order valence-electron chi connectivity index (χ0n) is 54.2. The lowest BCUT2D eigenvalue weighted by molar-refractivity contribution is -0.167. The van der Waals surface area contributed by atoms with Gasteiger partial charge in [0, 0.05) is 19.3 Å². The van der Waals surface area contributed by atoms with E-state index in [1.165, 1.54) is 334 Å². The topological polar surface area (TPSA) is 78.9 Å². The van der Waals surface area contributed by atoms with Gasteiger partial charge in [0.05, 0.1) is 0 Å². The van der Waals surface area contributed by atoms with Gasteiger partial charge in [0.15, 0.2) is 6.10 Å². The number of hydrogen-bond acceptors (Lipinski definition) is 6. The Kier molecular flexibility index (Phi) is 67.5. The second-order valence-corrected chi connectivity index (χ2v) is 25.2. The van der Waals surface area contributed by atoms with E-state index in [1.807, 2.05) is 0 Å². The van der Waals surface area contributed by atoms with Crippen LogP contribution in [-0.2, 0) is 28.6 Å². The average Bonchev–Trinajstić information content (AvgIpc) is 3.45. The van der Waals surface area contributed by atoms with Gasteiger partial charge in [-0.2, -0.15) is 0 Å². The summed E-state index contributed by atoms with van der Waals surface area (Å²) in [4.78, 5) is 38.4. The first kappa shape index (κ1) is 77.4. The maximum atomic E-state index is 13.0. The summed E-state index contributed by atoms with van der Waals surface area (Å²) in [5.74, 6) is -0.819. The highest BCUT2D eigenvalue weighted by Gasteiger charge is 2.20. The molecule has 1 unspecified atom stereocenters. The molecule has 0 fully saturated rings. The number of rotatable bonds is 69. The van der Waals surface area contributed by atoms with Gasteiger partial charge in [0.2, 0.25) is 0 Å². The lowest BCUT2D eigenvalue weighted by Crippen LogP contribution is -2.30. The highest BCUT2D eigenvalue weighted by Crippen LogP contribution is 2.20. The molecule has 0 amide bonds. The van der Waals surface area contributed by atoms with Gasteiger partial charge in [-0.1, -0.05) is 393 Å². The molecular formula is C73H142O6. The van der Waals surface area contributed by atoms with E-state index in [2.05, 4.69) is 20.8 Å². The summed E-state index contributed by atoms with van der Waals surface area (Å²) < 4.78 is 17.0. The van der Waals surface area contributed by atoms with Crippen molar-refractivity contribution in [3.8, 4) is 0 Å². The Balaban J connectivity index is 4.16. The summed E-state index contributed by atoms with van der Waals surface area (Å²) in [5, 5.41) is 0. The van der Waals surface area contributed by atoms with Crippen LogP contribution >= 0.6 is 0 Å². The SMILES string of the molecule is CCCCCCCCCCCCCCCCCCCCCCCCCCCCCC(=O)OCC(COC(=O)CCCCCCCCCCCCCCC)OC(=O)CCCCCCCCCCCCCCCCCCCCCCC.